The maximum absolute atomic E-state index is 12.8. The molecular weight excluding hydrogens is 381 g/mol. The van der Waals surface area contributed by atoms with Crippen molar-refractivity contribution in [2.45, 2.75) is 0 Å². The fraction of sp³-hybridized carbons (Fsp3) is 0.100. The van der Waals surface area contributed by atoms with E-state index in [4.69, 9.17) is 9.15 Å². The Morgan fingerprint density at radius 3 is 2.59 bits per heavy atom. The highest BCUT2D eigenvalue weighted by Gasteiger charge is 2.09. The van der Waals surface area contributed by atoms with Gasteiger partial charge in [-0.05, 0) is 36.4 Å². The van der Waals surface area contributed by atoms with Crippen LogP contribution in [0.25, 0.3) is 17.2 Å². The Balaban J connectivity index is 1.38. The van der Waals surface area contributed by atoms with Gasteiger partial charge in [-0.1, -0.05) is 12.1 Å². The largest absolute Gasteiger partial charge is 0.452 e. The second-order valence-corrected chi connectivity index (χ2v) is 5.79. The number of para-hydroxylation sites is 2. The number of aromatic nitrogens is 1. The Hall–Kier alpha value is -4.01. The number of oxazole rings is 1. The van der Waals surface area contributed by atoms with E-state index in [0.29, 0.717) is 16.8 Å². The van der Waals surface area contributed by atoms with Gasteiger partial charge in [-0.3, -0.25) is 9.59 Å². The first-order valence-electron chi connectivity index (χ1n) is 8.52. The van der Waals surface area contributed by atoms with Crippen molar-refractivity contribution in [3.05, 3.63) is 66.3 Å². The number of carbonyl (C=O) groups excluding carboxylic acids is 3. The first-order chi connectivity index (χ1) is 14.0. The SMILES string of the molecule is O=C(COC(=O)/C=C/c1nc2ccccc2o1)NCC(=O)Nc1ccc(F)cc1. The monoisotopic (exact) mass is 397 g/mol. The van der Waals surface area contributed by atoms with E-state index < -0.39 is 30.2 Å². The van der Waals surface area contributed by atoms with Gasteiger partial charge in [0, 0.05) is 17.8 Å². The minimum atomic E-state index is -0.766. The molecule has 0 atom stereocenters. The van der Waals surface area contributed by atoms with E-state index in [1.54, 1.807) is 18.2 Å². The number of esters is 1. The van der Waals surface area contributed by atoms with Gasteiger partial charge >= 0.3 is 5.97 Å². The number of fused-ring (bicyclic) bond motifs is 1. The predicted molar refractivity (Wildman–Crippen MR) is 102 cm³/mol. The Bertz CT molecular complexity index is 1030. The van der Waals surface area contributed by atoms with Gasteiger partial charge in [-0.25, -0.2) is 14.2 Å². The summed E-state index contributed by atoms with van der Waals surface area (Å²) in [6, 6.07) is 12.3. The number of rotatable bonds is 7. The third-order valence-electron chi connectivity index (χ3n) is 3.59. The van der Waals surface area contributed by atoms with Crippen molar-refractivity contribution in [2.75, 3.05) is 18.5 Å². The van der Waals surface area contributed by atoms with Gasteiger partial charge < -0.3 is 19.8 Å². The van der Waals surface area contributed by atoms with E-state index >= 15 is 0 Å². The van der Waals surface area contributed by atoms with Crippen LogP contribution >= 0.6 is 0 Å². The van der Waals surface area contributed by atoms with Crippen LogP contribution < -0.4 is 10.6 Å². The minimum absolute atomic E-state index is 0.227. The zero-order valence-corrected chi connectivity index (χ0v) is 15.1. The first-order valence-corrected chi connectivity index (χ1v) is 8.52. The summed E-state index contributed by atoms with van der Waals surface area (Å²) in [7, 11) is 0. The van der Waals surface area contributed by atoms with Gasteiger partial charge in [0.2, 0.25) is 11.8 Å². The third-order valence-corrected chi connectivity index (χ3v) is 3.59. The van der Waals surface area contributed by atoms with E-state index in [1.807, 2.05) is 6.07 Å². The number of nitrogens with zero attached hydrogens (tertiary/aromatic N) is 1. The smallest absolute Gasteiger partial charge is 0.331 e. The van der Waals surface area contributed by atoms with Crippen LogP contribution in [0.3, 0.4) is 0 Å². The number of benzene rings is 2. The lowest BCUT2D eigenvalue weighted by Crippen LogP contribution is -2.35. The molecule has 2 N–H and O–H groups in total. The van der Waals surface area contributed by atoms with Crippen LogP contribution in [-0.4, -0.2) is 35.9 Å². The molecule has 29 heavy (non-hydrogen) atoms. The number of halogens is 1. The van der Waals surface area contributed by atoms with Crippen LogP contribution in [-0.2, 0) is 19.1 Å². The number of ether oxygens (including phenoxy) is 1. The Morgan fingerprint density at radius 1 is 1.07 bits per heavy atom. The van der Waals surface area contributed by atoms with Crippen molar-refractivity contribution < 1.29 is 27.9 Å². The molecule has 0 aliphatic rings. The predicted octanol–water partition coefficient (Wildman–Crippen LogP) is 2.28. The molecule has 1 aromatic heterocycles. The van der Waals surface area contributed by atoms with Gasteiger partial charge in [0.1, 0.15) is 11.3 Å². The summed E-state index contributed by atoms with van der Waals surface area (Å²) in [5, 5.41) is 4.79. The maximum Gasteiger partial charge on any atom is 0.331 e. The van der Waals surface area contributed by atoms with E-state index in [-0.39, 0.29) is 12.4 Å². The van der Waals surface area contributed by atoms with Crippen molar-refractivity contribution in [3.63, 3.8) is 0 Å². The molecule has 8 nitrogen and oxygen atoms in total. The molecule has 0 bridgehead atoms. The summed E-state index contributed by atoms with van der Waals surface area (Å²) in [5.74, 6) is -2.12. The van der Waals surface area contributed by atoms with E-state index in [2.05, 4.69) is 15.6 Å². The maximum atomic E-state index is 12.8. The Kier molecular flexibility index (Phi) is 6.31. The van der Waals surface area contributed by atoms with Crippen LogP contribution in [0.4, 0.5) is 10.1 Å². The molecule has 148 valence electrons. The topological polar surface area (TPSA) is 111 Å². The molecule has 0 saturated heterocycles. The number of hydrogen-bond donors (Lipinski definition) is 2. The highest BCUT2D eigenvalue weighted by atomic mass is 19.1. The molecule has 0 spiro atoms. The van der Waals surface area contributed by atoms with Crippen molar-refractivity contribution in [2.24, 2.45) is 0 Å². The lowest BCUT2D eigenvalue weighted by molar-refractivity contribution is -0.143. The molecule has 3 aromatic rings. The van der Waals surface area contributed by atoms with Crippen molar-refractivity contribution in [3.8, 4) is 0 Å². The van der Waals surface area contributed by atoms with E-state index in [1.165, 1.54) is 30.3 Å². The molecule has 1 heterocycles. The lowest BCUT2D eigenvalue weighted by Gasteiger charge is -2.07. The van der Waals surface area contributed by atoms with Crippen molar-refractivity contribution >= 4 is 40.6 Å². The Morgan fingerprint density at radius 2 is 1.83 bits per heavy atom. The molecule has 0 radical (unpaired) electrons. The number of carbonyl (C=O) groups is 3. The van der Waals surface area contributed by atoms with Crippen LogP contribution in [0.15, 0.2) is 59.0 Å². The number of nitrogens with one attached hydrogen (secondary N) is 2. The molecular formula is C20H16FN3O5. The van der Waals surface area contributed by atoms with Gasteiger partial charge in [0.15, 0.2) is 12.2 Å². The Labute approximate surface area is 164 Å². The standard InChI is InChI=1S/C20H16FN3O5/c21-13-5-7-14(8-6-13)23-17(25)11-22-18(26)12-28-20(27)10-9-19-24-15-3-1-2-4-16(15)29-19/h1-10H,11-12H2,(H,22,26)(H,23,25)/b10-9+. The average molecular weight is 397 g/mol. The molecule has 0 fully saturated rings. The molecule has 2 aromatic carbocycles. The third kappa shape index (κ3) is 5.99. The summed E-state index contributed by atoms with van der Waals surface area (Å²) in [5.41, 5.74) is 1.62. The highest BCUT2D eigenvalue weighted by Crippen LogP contribution is 2.15. The summed E-state index contributed by atoms with van der Waals surface area (Å²) in [4.78, 5) is 39.2. The quantitative estimate of drug-likeness (QED) is 0.467. The fourth-order valence-electron chi connectivity index (χ4n) is 2.25. The fourth-order valence-corrected chi connectivity index (χ4v) is 2.25. The number of anilines is 1. The van der Waals surface area contributed by atoms with Crippen LogP contribution in [0, 0.1) is 5.82 Å². The van der Waals surface area contributed by atoms with Crippen molar-refractivity contribution in [1.29, 1.82) is 0 Å². The average Bonchev–Trinajstić information content (AvgIpc) is 3.14. The highest BCUT2D eigenvalue weighted by molar-refractivity contribution is 5.95. The zero-order chi connectivity index (χ0) is 20.6. The zero-order valence-electron chi connectivity index (χ0n) is 15.1. The molecule has 3 rings (SSSR count). The second kappa shape index (κ2) is 9.27. The normalized spacial score (nSPS) is 10.8. The van der Waals surface area contributed by atoms with Gasteiger partial charge in [0.05, 0.1) is 6.54 Å². The first kappa shape index (κ1) is 19.7. The second-order valence-electron chi connectivity index (χ2n) is 5.79. The molecule has 0 unspecified atom stereocenters. The van der Waals surface area contributed by atoms with Crippen molar-refractivity contribution in [1.82, 2.24) is 10.3 Å². The molecule has 9 heteroatoms. The minimum Gasteiger partial charge on any atom is -0.452 e. The summed E-state index contributed by atoms with van der Waals surface area (Å²) < 4.78 is 23.0. The number of amides is 2. The summed E-state index contributed by atoms with van der Waals surface area (Å²) in [6.45, 7) is -0.882. The number of hydrogen-bond acceptors (Lipinski definition) is 6. The van der Waals surface area contributed by atoms with Crippen LogP contribution in [0.1, 0.15) is 5.89 Å². The molecule has 2 amide bonds. The van der Waals surface area contributed by atoms with Crippen LogP contribution in [0.5, 0.6) is 0 Å². The molecule has 0 aliphatic heterocycles. The van der Waals surface area contributed by atoms with Gasteiger partial charge in [-0.15, -0.1) is 0 Å². The summed E-state index contributed by atoms with van der Waals surface area (Å²) >= 11 is 0. The van der Waals surface area contributed by atoms with Crippen LogP contribution in [0.2, 0.25) is 0 Å². The summed E-state index contributed by atoms with van der Waals surface area (Å²) in [6.07, 6.45) is 2.41. The van der Waals surface area contributed by atoms with E-state index in [9.17, 15) is 18.8 Å². The van der Waals surface area contributed by atoms with Gasteiger partial charge in [0.25, 0.3) is 5.91 Å². The van der Waals surface area contributed by atoms with E-state index in [0.717, 1.165) is 6.08 Å². The lowest BCUT2D eigenvalue weighted by atomic mass is 10.3. The molecule has 0 saturated carbocycles. The molecule has 0 aliphatic carbocycles. The van der Waals surface area contributed by atoms with Gasteiger partial charge in [-0.2, -0.15) is 0 Å².